The van der Waals surface area contributed by atoms with Crippen molar-refractivity contribution >= 4 is 10.9 Å². The van der Waals surface area contributed by atoms with Crippen molar-refractivity contribution in [2.75, 3.05) is 14.1 Å². The first-order valence-corrected chi connectivity index (χ1v) is 5.70. The zero-order valence-electron chi connectivity index (χ0n) is 9.87. The van der Waals surface area contributed by atoms with Gasteiger partial charge in [0.15, 0.2) is 11.6 Å². The molecule has 90 valence electrons. The number of hydrogen-bond acceptors (Lipinski definition) is 1. The molecule has 1 aromatic heterocycles. The van der Waals surface area contributed by atoms with E-state index in [1.165, 1.54) is 6.07 Å². The molecule has 1 atom stereocenters. The van der Waals surface area contributed by atoms with Crippen LogP contribution >= 0.6 is 0 Å². The topological polar surface area (TPSA) is 8.17 Å². The standard InChI is InChI=1S/C13H14F2N2/c1-16(2)9-5-8-6-11(14)12(15)10-3-4-17(7-9)13(8)10/h3-4,6,9H,5,7H2,1-2H3. The van der Waals surface area contributed by atoms with Gasteiger partial charge in [-0.3, -0.25) is 0 Å². The maximum absolute atomic E-state index is 13.6. The Morgan fingerprint density at radius 2 is 2.12 bits per heavy atom. The first kappa shape index (κ1) is 10.7. The molecule has 0 bridgehead atoms. The highest BCUT2D eigenvalue weighted by atomic mass is 19.2. The molecule has 3 rings (SSSR count). The van der Waals surface area contributed by atoms with E-state index >= 15 is 0 Å². The molecular weight excluding hydrogens is 222 g/mol. The molecule has 1 aliphatic heterocycles. The third-order valence-electron chi connectivity index (χ3n) is 3.61. The molecule has 0 radical (unpaired) electrons. The summed E-state index contributed by atoms with van der Waals surface area (Å²) in [5, 5.41) is 0.400. The third kappa shape index (κ3) is 1.47. The van der Waals surface area contributed by atoms with Crippen molar-refractivity contribution in [1.82, 2.24) is 9.47 Å². The molecule has 0 amide bonds. The highest BCUT2D eigenvalue weighted by molar-refractivity contribution is 5.84. The minimum atomic E-state index is -0.746. The summed E-state index contributed by atoms with van der Waals surface area (Å²) in [6, 6.07) is 3.34. The highest BCUT2D eigenvalue weighted by Crippen LogP contribution is 2.30. The van der Waals surface area contributed by atoms with E-state index in [0.717, 1.165) is 24.0 Å². The Bertz CT molecular complexity index is 587. The molecule has 17 heavy (non-hydrogen) atoms. The van der Waals surface area contributed by atoms with Crippen LogP contribution in [0.3, 0.4) is 0 Å². The zero-order chi connectivity index (χ0) is 12.2. The van der Waals surface area contributed by atoms with Crippen LogP contribution in [0.1, 0.15) is 5.56 Å². The van der Waals surface area contributed by atoms with Crippen molar-refractivity contribution in [2.45, 2.75) is 19.0 Å². The van der Waals surface area contributed by atoms with Crippen molar-refractivity contribution in [3.63, 3.8) is 0 Å². The van der Waals surface area contributed by atoms with Gasteiger partial charge in [0.1, 0.15) is 0 Å². The summed E-state index contributed by atoms with van der Waals surface area (Å²) in [7, 11) is 4.02. The number of benzene rings is 1. The molecule has 0 aliphatic carbocycles. The normalized spacial score (nSPS) is 19.2. The van der Waals surface area contributed by atoms with Gasteiger partial charge in [0.25, 0.3) is 0 Å². The van der Waals surface area contributed by atoms with Gasteiger partial charge in [-0.1, -0.05) is 0 Å². The van der Waals surface area contributed by atoms with E-state index in [1.807, 2.05) is 24.9 Å². The molecule has 1 aromatic carbocycles. The molecule has 2 aromatic rings. The minimum Gasteiger partial charge on any atom is -0.346 e. The maximum Gasteiger partial charge on any atom is 0.168 e. The van der Waals surface area contributed by atoms with E-state index in [1.54, 1.807) is 6.07 Å². The summed E-state index contributed by atoms with van der Waals surface area (Å²) in [5.74, 6) is -1.48. The smallest absolute Gasteiger partial charge is 0.168 e. The summed E-state index contributed by atoms with van der Waals surface area (Å²) in [4.78, 5) is 2.12. The average molecular weight is 236 g/mol. The molecule has 4 heteroatoms. The lowest BCUT2D eigenvalue weighted by molar-refractivity contribution is 0.258. The van der Waals surface area contributed by atoms with Crippen molar-refractivity contribution in [3.05, 3.63) is 35.5 Å². The number of halogens is 2. The molecule has 1 aliphatic rings. The molecule has 1 unspecified atom stereocenters. The first-order valence-electron chi connectivity index (χ1n) is 5.70. The van der Waals surface area contributed by atoms with Gasteiger partial charge >= 0.3 is 0 Å². The number of rotatable bonds is 1. The van der Waals surface area contributed by atoms with Crippen LogP contribution in [0.15, 0.2) is 18.3 Å². The quantitative estimate of drug-likeness (QED) is 0.738. The van der Waals surface area contributed by atoms with Crippen molar-refractivity contribution in [3.8, 4) is 0 Å². The molecule has 0 saturated carbocycles. The fourth-order valence-corrected chi connectivity index (χ4v) is 2.62. The SMILES string of the molecule is CN(C)C1Cc2cc(F)c(F)c3ccn(c23)C1. The Labute approximate surface area is 98.4 Å². The summed E-state index contributed by atoms with van der Waals surface area (Å²) >= 11 is 0. The number of hydrogen-bond donors (Lipinski definition) is 0. The predicted octanol–water partition coefficient (Wildman–Crippen LogP) is 2.41. The van der Waals surface area contributed by atoms with E-state index < -0.39 is 11.6 Å². The predicted molar refractivity (Wildman–Crippen MR) is 63.0 cm³/mol. The lowest BCUT2D eigenvalue weighted by atomic mass is 9.99. The van der Waals surface area contributed by atoms with Crippen LogP contribution in [-0.2, 0) is 13.0 Å². The Kier molecular flexibility index (Phi) is 2.23. The van der Waals surface area contributed by atoms with Crippen molar-refractivity contribution in [1.29, 1.82) is 0 Å². The van der Waals surface area contributed by atoms with Crippen LogP contribution in [-0.4, -0.2) is 29.6 Å². The lowest BCUT2D eigenvalue weighted by Gasteiger charge is -2.30. The van der Waals surface area contributed by atoms with Gasteiger partial charge in [-0.15, -0.1) is 0 Å². The maximum atomic E-state index is 13.6. The summed E-state index contributed by atoms with van der Waals surface area (Å²) in [6.45, 7) is 0.828. The lowest BCUT2D eigenvalue weighted by Crippen LogP contribution is -2.36. The molecule has 0 spiro atoms. The fraction of sp³-hybridized carbons (Fsp3) is 0.385. The zero-order valence-corrected chi connectivity index (χ0v) is 9.87. The molecule has 0 saturated heterocycles. The van der Waals surface area contributed by atoms with Crippen LogP contribution in [0, 0.1) is 11.6 Å². The summed E-state index contributed by atoms with van der Waals surface area (Å²) in [5.41, 5.74) is 1.75. The highest BCUT2D eigenvalue weighted by Gasteiger charge is 2.24. The average Bonchev–Trinajstić information content (AvgIpc) is 2.70. The second kappa shape index (κ2) is 3.53. The number of likely N-dealkylation sites (N-methyl/N-ethyl adjacent to an activating group) is 1. The van der Waals surface area contributed by atoms with Crippen LogP contribution in [0.5, 0.6) is 0 Å². The molecule has 2 nitrogen and oxygen atoms in total. The first-order chi connectivity index (χ1) is 8.08. The minimum absolute atomic E-state index is 0.336. The van der Waals surface area contributed by atoms with E-state index in [4.69, 9.17) is 0 Å². The van der Waals surface area contributed by atoms with Gasteiger partial charge in [-0.05, 0) is 38.2 Å². The Hall–Kier alpha value is -1.42. The van der Waals surface area contributed by atoms with E-state index in [0.29, 0.717) is 11.4 Å². The van der Waals surface area contributed by atoms with Gasteiger partial charge < -0.3 is 9.47 Å². The molecule has 0 fully saturated rings. The van der Waals surface area contributed by atoms with Gasteiger partial charge in [0, 0.05) is 24.2 Å². The largest absolute Gasteiger partial charge is 0.346 e. The molecule has 0 N–H and O–H groups in total. The summed E-state index contributed by atoms with van der Waals surface area (Å²) < 4.78 is 29.1. The van der Waals surface area contributed by atoms with Gasteiger partial charge in [0.2, 0.25) is 0 Å². The second-order valence-corrected chi connectivity index (χ2v) is 4.88. The Morgan fingerprint density at radius 1 is 1.35 bits per heavy atom. The van der Waals surface area contributed by atoms with E-state index in [-0.39, 0.29) is 0 Å². The number of aromatic nitrogens is 1. The van der Waals surface area contributed by atoms with Crippen molar-refractivity contribution in [2.24, 2.45) is 0 Å². The van der Waals surface area contributed by atoms with Crippen molar-refractivity contribution < 1.29 is 8.78 Å². The van der Waals surface area contributed by atoms with Crippen LogP contribution in [0.2, 0.25) is 0 Å². The van der Waals surface area contributed by atoms with Crippen LogP contribution in [0.25, 0.3) is 10.9 Å². The monoisotopic (exact) mass is 236 g/mol. The van der Waals surface area contributed by atoms with Gasteiger partial charge in [0.05, 0.1) is 5.52 Å². The van der Waals surface area contributed by atoms with E-state index in [2.05, 4.69) is 4.90 Å². The van der Waals surface area contributed by atoms with Crippen LogP contribution < -0.4 is 0 Å². The molecule has 2 heterocycles. The van der Waals surface area contributed by atoms with Gasteiger partial charge in [-0.25, -0.2) is 8.78 Å². The third-order valence-corrected chi connectivity index (χ3v) is 3.61. The Morgan fingerprint density at radius 3 is 2.82 bits per heavy atom. The number of nitrogens with zero attached hydrogens (tertiary/aromatic N) is 2. The van der Waals surface area contributed by atoms with Crippen LogP contribution in [0.4, 0.5) is 8.78 Å². The second-order valence-electron chi connectivity index (χ2n) is 4.88. The Balaban J connectivity index is 2.23. The molecular formula is C13H14F2N2. The summed E-state index contributed by atoms with van der Waals surface area (Å²) in [6.07, 6.45) is 2.61. The fourth-order valence-electron chi connectivity index (χ4n) is 2.62. The van der Waals surface area contributed by atoms with Gasteiger partial charge in [-0.2, -0.15) is 0 Å². The van der Waals surface area contributed by atoms with E-state index in [9.17, 15) is 8.78 Å².